The number of nitrogens with zero attached hydrogens (tertiary/aromatic N) is 4. The SMILES string of the molecule is COc1ccc(Oc2nc3c(C)cccn3c(=O)c2/C=C(\C#N)c2nc3ccccc3s2)cc1. The average molecular weight is 467 g/mol. The molecule has 0 saturated heterocycles. The fraction of sp³-hybridized carbons (Fsp3) is 0.0769. The van der Waals surface area contributed by atoms with E-state index in [1.54, 1.807) is 43.6 Å². The molecule has 5 rings (SSSR count). The van der Waals surface area contributed by atoms with Crippen LogP contribution in [0.1, 0.15) is 16.1 Å². The Kier molecular flexibility index (Phi) is 5.54. The van der Waals surface area contributed by atoms with E-state index in [-0.39, 0.29) is 22.6 Å². The number of hydrogen-bond donors (Lipinski definition) is 0. The highest BCUT2D eigenvalue weighted by molar-refractivity contribution is 7.19. The van der Waals surface area contributed by atoms with Crippen LogP contribution in [0.3, 0.4) is 0 Å². The maximum absolute atomic E-state index is 13.5. The number of benzene rings is 2. The summed E-state index contributed by atoms with van der Waals surface area (Å²) in [6.45, 7) is 1.87. The van der Waals surface area contributed by atoms with Gasteiger partial charge < -0.3 is 9.47 Å². The van der Waals surface area contributed by atoms with Crippen molar-refractivity contribution in [3.8, 4) is 23.4 Å². The molecule has 0 aliphatic carbocycles. The third-order valence-corrected chi connectivity index (χ3v) is 6.33. The Balaban J connectivity index is 1.70. The maximum atomic E-state index is 13.5. The molecule has 0 aliphatic rings. The molecule has 7 nitrogen and oxygen atoms in total. The summed E-state index contributed by atoms with van der Waals surface area (Å²) < 4.78 is 13.7. The van der Waals surface area contributed by atoms with Crippen LogP contribution >= 0.6 is 11.3 Å². The molecule has 0 aliphatic heterocycles. The Labute approximate surface area is 198 Å². The van der Waals surface area contributed by atoms with Crippen LogP contribution in [-0.2, 0) is 0 Å². The van der Waals surface area contributed by atoms with Gasteiger partial charge in [0.25, 0.3) is 5.56 Å². The van der Waals surface area contributed by atoms with E-state index in [0.29, 0.717) is 22.2 Å². The smallest absolute Gasteiger partial charge is 0.269 e. The number of allylic oxidation sites excluding steroid dienone is 1. The average Bonchev–Trinajstić information content (AvgIpc) is 3.29. The fourth-order valence-electron chi connectivity index (χ4n) is 3.52. The molecule has 0 fully saturated rings. The van der Waals surface area contributed by atoms with Crippen LogP contribution in [-0.4, -0.2) is 21.5 Å². The van der Waals surface area contributed by atoms with Gasteiger partial charge in [0.2, 0.25) is 5.88 Å². The summed E-state index contributed by atoms with van der Waals surface area (Å²) in [7, 11) is 1.58. The van der Waals surface area contributed by atoms with Crippen LogP contribution in [0, 0.1) is 18.3 Å². The number of hydrogen-bond acceptors (Lipinski definition) is 7. The number of thiazole rings is 1. The molecule has 0 bridgehead atoms. The largest absolute Gasteiger partial charge is 0.497 e. The van der Waals surface area contributed by atoms with Gasteiger partial charge in [-0.3, -0.25) is 9.20 Å². The van der Waals surface area contributed by atoms with Gasteiger partial charge in [0.05, 0.1) is 22.9 Å². The van der Waals surface area contributed by atoms with Crippen molar-refractivity contribution in [2.75, 3.05) is 7.11 Å². The molecule has 2 aromatic carbocycles. The first-order valence-electron chi connectivity index (χ1n) is 10.4. The fourth-order valence-corrected chi connectivity index (χ4v) is 4.45. The van der Waals surface area contributed by atoms with E-state index >= 15 is 0 Å². The summed E-state index contributed by atoms with van der Waals surface area (Å²) >= 11 is 1.39. The molecule has 0 atom stereocenters. The number of rotatable bonds is 5. The minimum atomic E-state index is -0.342. The summed E-state index contributed by atoms with van der Waals surface area (Å²) in [5.74, 6) is 1.27. The number of aromatic nitrogens is 3. The highest BCUT2D eigenvalue weighted by Gasteiger charge is 2.17. The standard InChI is InChI=1S/C26H18N4O3S/c1-16-6-5-13-30-23(16)29-24(33-19-11-9-18(32-2)10-12-19)20(26(30)31)14-17(15-27)25-28-21-7-3-4-8-22(21)34-25/h3-14H,1-2H3/b17-14+. The highest BCUT2D eigenvalue weighted by Crippen LogP contribution is 2.30. The molecule has 34 heavy (non-hydrogen) atoms. The third kappa shape index (κ3) is 3.89. The first-order chi connectivity index (χ1) is 16.6. The van der Waals surface area contributed by atoms with Crippen LogP contribution in [0.2, 0.25) is 0 Å². The van der Waals surface area contributed by atoms with Crippen molar-refractivity contribution < 1.29 is 9.47 Å². The van der Waals surface area contributed by atoms with Crippen LogP contribution < -0.4 is 15.0 Å². The molecular weight excluding hydrogens is 448 g/mol. The third-order valence-electron chi connectivity index (χ3n) is 5.26. The summed E-state index contributed by atoms with van der Waals surface area (Å²) in [6, 6.07) is 20.4. The predicted octanol–water partition coefficient (Wildman–Crippen LogP) is 5.48. The second-order valence-corrected chi connectivity index (χ2v) is 8.49. The Morgan fingerprint density at radius 1 is 1.06 bits per heavy atom. The van der Waals surface area contributed by atoms with Gasteiger partial charge in [-0.05, 0) is 61.0 Å². The van der Waals surface area contributed by atoms with E-state index < -0.39 is 0 Å². The highest BCUT2D eigenvalue weighted by atomic mass is 32.1. The van der Waals surface area contributed by atoms with Crippen molar-refractivity contribution in [1.29, 1.82) is 5.26 Å². The quantitative estimate of drug-likeness (QED) is 0.319. The molecule has 0 unspecified atom stereocenters. The minimum absolute atomic E-state index is 0.110. The van der Waals surface area contributed by atoms with Gasteiger partial charge in [-0.1, -0.05) is 18.2 Å². The van der Waals surface area contributed by atoms with Crippen molar-refractivity contribution in [2.45, 2.75) is 6.92 Å². The lowest BCUT2D eigenvalue weighted by atomic mass is 10.2. The lowest BCUT2D eigenvalue weighted by Gasteiger charge is -2.11. The van der Waals surface area contributed by atoms with E-state index in [0.717, 1.165) is 15.8 Å². The topological polar surface area (TPSA) is 89.5 Å². The minimum Gasteiger partial charge on any atom is -0.497 e. The zero-order chi connectivity index (χ0) is 23.7. The van der Waals surface area contributed by atoms with Gasteiger partial charge in [-0.25, -0.2) is 4.98 Å². The normalized spacial score (nSPS) is 11.5. The number of fused-ring (bicyclic) bond motifs is 2. The van der Waals surface area contributed by atoms with Gasteiger partial charge in [0.15, 0.2) is 0 Å². The summed E-state index contributed by atoms with van der Waals surface area (Å²) in [4.78, 5) is 22.7. The van der Waals surface area contributed by atoms with E-state index in [1.807, 2.05) is 37.3 Å². The predicted molar refractivity (Wildman–Crippen MR) is 132 cm³/mol. The lowest BCUT2D eigenvalue weighted by molar-refractivity contribution is 0.412. The first-order valence-corrected chi connectivity index (χ1v) is 11.2. The second-order valence-electron chi connectivity index (χ2n) is 7.45. The van der Waals surface area contributed by atoms with Gasteiger partial charge in [-0.15, -0.1) is 11.3 Å². The monoisotopic (exact) mass is 466 g/mol. The molecule has 166 valence electrons. The summed E-state index contributed by atoms with van der Waals surface area (Å²) in [5.41, 5.74) is 2.17. The number of nitriles is 1. The molecule has 0 spiro atoms. The molecule has 3 heterocycles. The molecule has 0 saturated carbocycles. The summed E-state index contributed by atoms with van der Waals surface area (Å²) in [6.07, 6.45) is 3.15. The Bertz CT molecular complexity index is 1630. The molecule has 0 N–H and O–H groups in total. The Morgan fingerprint density at radius 3 is 2.56 bits per heavy atom. The molecular formula is C26H18N4O3S. The number of para-hydroxylation sites is 1. The van der Waals surface area contributed by atoms with Crippen molar-refractivity contribution >= 4 is 38.8 Å². The van der Waals surface area contributed by atoms with E-state index in [4.69, 9.17) is 9.47 Å². The van der Waals surface area contributed by atoms with Crippen molar-refractivity contribution in [2.24, 2.45) is 0 Å². The van der Waals surface area contributed by atoms with Crippen molar-refractivity contribution in [3.05, 3.63) is 93.3 Å². The molecule has 8 heteroatoms. The van der Waals surface area contributed by atoms with Gasteiger partial charge >= 0.3 is 0 Å². The summed E-state index contributed by atoms with van der Waals surface area (Å²) in [5, 5.41) is 10.4. The molecule has 0 radical (unpaired) electrons. The molecule has 3 aromatic heterocycles. The van der Waals surface area contributed by atoms with E-state index in [2.05, 4.69) is 16.0 Å². The molecule has 5 aromatic rings. The molecule has 0 amide bonds. The number of aryl methyl sites for hydroxylation is 1. The van der Waals surface area contributed by atoms with Crippen LogP contribution in [0.25, 0.3) is 27.5 Å². The van der Waals surface area contributed by atoms with Crippen LogP contribution in [0.5, 0.6) is 17.4 Å². The zero-order valence-electron chi connectivity index (χ0n) is 18.4. The second kappa shape index (κ2) is 8.81. The van der Waals surface area contributed by atoms with Crippen LogP contribution in [0.15, 0.2) is 71.7 Å². The van der Waals surface area contributed by atoms with Crippen molar-refractivity contribution in [1.82, 2.24) is 14.4 Å². The maximum Gasteiger partial charge on any atom is 0.269 e. The number of ether oxygens (including phenoxy) is 2. The first kappa shape index (κ1) is 21.4. The Morgan fingerprint density at radius 2 is 1.82 bits per heavy atom. The van der Waals surface area contributed by atoms with Gasteiger partial charge in [0, 0.05) is 6.20 Å². The van der Waals surface area contributed by atoms with E-state index in [1.165, 1.54) is 21.8 Å². The van der Waals surface area contributed by atoms with Gasteiger partial charge in [-0.2, -0.15) is 10.2 Å². The van der Waals surface area contributed by atoms with Crippen molar-refractivity contribution in [3.63, 3.8) is 0 Å². The van der Waals surface area contributed by atoms with Crippen LogP contribution in [0.4, 0.5) is 0 Å². The zero-order valence-corrected chi connectivity index (χ0v) is 19.2. The lowest BCUT2D eigenvalue weighted by Crippen LogP contribution is -2.19. The van der Waals surface area contributed by atoms with E-state index in [9.17, 15) is 10.1 Å². The number of pyridine rings is 1. The Hall–Kier alpha value is -4.48. The van der Waals surface area contributed by atoms with Gasteiger partial charge in [0.1, 0.15) is 33.8 Å². The number of methoxy groups -OCH3 is 1.